The van der Waals surface area contributed by atoms with E-state index >= 15 is 0 Å². The number of hydrogen-bond donors (Lipinski definition) is 0. The van der Waals surface area contributed by atoms with Crippen LogP contribution in [0.2, 0.25) is 5.02 Å². The number of carbonyl (C=O) groups is 2. The third kappa shape index (κ3) is 2.27. The summed E-state index contributed by atoms with van der Waals surface area (Å²) in [6.45, 7) is 4.77. The van der Waals surface area contributed by atoms with Gasteiger partial charge in [0, 0.05) is 11.6 Å². The third-order valence-corrected chi connectivity index (χ3v) is 3.45. The first-order valence-electron chi connectivity index (χ1n) is 6.20. The molecule has 0 saturated heterocycles. The average molecular weight is 266 g/mol. The van der Waals surface area contributed by atoms with Crippen molar-refractivity contribution in [3.05, 3.63) is 28.8 Å². The molecule has 1 heterocycles. The molecular formula is C14H16ClNO2. The van der Waals surface area contributed by atoms with Crippen molar-refractivity contribution in [2.24, 2.45) is 5.92 Å². The van der Waals surface area contributed by atoms with Crippen LogP contribution in [-0.2, 0) is 4.79 Å². The molecule has 0 bridgehead atoms. The summed E-state index contributed by atoms with van der Waals surface area (Å²) in [4.78, 5) is 25.3. The summed E-state index contributed by atoms with van der Waals surface area (Å²) >= 11 is 5.93. The van der Waals surface area contributed by atoms with Crippen LogP contribution in [0.25, 0.3) is 0 Å². The molecule has 1 aromatic rings. The predicted molar refractivity (Wildman–Crippen MR) is 72.2 cm³/mol. The molecule has 0 saturated carbocycles. The molecule has 18 heavy (non-hydrogen) atoms. The summed E-state index contributed by atoms with van der Waals surface area (Å²) in [5.41, 5.74) is 1.12. The molecule has 1 amide bonds. The highest BCUT2D eigenvalue weighted by Crippen LogP contribution is 2.32. The second-order valence-electron chi connectivity index (χ2n) is 4.80. The molecule has 1 aliphatic heterocycles. The Labute approximate surface area is 112 Å². The topological polar surface area (TPSA) is 37.4 Å². The first-order chi connectivity index (χ1) is 8.54. The molecule has 0 fully saturated rings. The highest BCUT2D eigenvalue weighted by atomic mass is 35.5. The van der Waals surface area contributed by atoms with Gasteiger partial charge in [-0.15, -0.1) is 0 Å². The van der Waals surface area contributed by atoms with Gasteiger partial charge in [0.05, 0.1) is 11.3 Å². The number of halogens is 1. The molecule has 0 radical (unpaired) electrons. The van der Waals surface area contributed by atoms with Crippen molar-refractivity contribution in [3.63, 3.8) is 0 Å². The number of fused-ring (bicyclic) bond motifs is 1. The first kappa shape index (κ1) is 13.1. The molecule has 0 aliphatic carbocycles. The monoisotopic (exact) mass is 265 g/mol. The molecule has 1 aliphatic rings. The molecule has 1 aromatic carbocycles. The Morgan fingerprint density at radius 3 is 2.72 bits per heavy atom. The molecule has 1 atom stereocenters. The lowest BCUT2D eigenvalue weighted by Crippen LogP contribution is -2.33. The van der Waals surface area contributed by atoms with Crippen LogP contribution in [0.15, 0.2) is 18.2 Å². The van der Waals surface area contributed by atoms with Gasteiger partial charge in [-0.25, -0.2) is 0 Å². The van der Waals surface area contributed by atoms with Crippen molar-refractivity contribution in [1.29, 1.82) is 0 Å². The molecule has 4 heteroatoms. The number of ketones is 1. The summed E-state index contributed by atoms with van der Waals surface area (Å²) in [7, 11) is 0. The van der Waals surface area contributed by atoms with Crippen LogP contribution in [0, 0.1) is 5.92 Å². The highest BCUT2D eigenvalue weighted by molar-refractivity contribution is 6.52. The Balaban J connectivity index is 2.30. The van der Waals surface area contributed by atoms with Crippen molar-refractivity contribution in [1.82, 2.24) is 0 Å². The number of nitrogens with zero attached hydrogens (tertiary/aromatic N) is 1. The number of anilines is 1. The van der Waals surface area contributed by atoms with E-state index in [-0.39, 0.29) is 0 Å². The van der Waals surface area contributed by atoms with Gasteiger partial charge >= 0.3 is 0 Å². The Hall–Kier alpha value is -1.35. The van der Waals surface area contributed by atoms with Crippen molar-refractivity contribution < 1.29 is 9.59 Å². The van der Waals surface area contributed by atoms with E-state index in [4.69, 9.17) is 11.6 Å². The number of Topliss-reactive ketones (excluding diaryl/α,β-unsaturated/α-hetero) is 1. The smallest absolute Gasteiger partial charge is 0.299 e. The number of carbonyl (C=O) groups excluding carboxylic acids is 2. The molecule has 0 aromatic heterocycles. The number of rotatable bonds is 4. The normalized spacial score (nSPS) is 16.1. The standard InChI is InChI=1S/C14H16ClNO2/c1-3-4-9(2)8-16-12-7-10(15)5-6-11(12)13(17)14(16)18/h5-7,9H,3-4,8H2,1-2H3. The van der Waals surface area contributed by atoms with Crippen LogP contribution >= 0.6 is 11.6 Å². The van der Waals surface area contributed by atoms with Gasteiger partial charge in [-0.3, -0.25) is 9.59 Å². The van der Waals surface area contributed by atoms with Crippen LogP contribution in [0.4, 0.5) is 5.69 Å². The van der Waals surface area contributed by atoms with Crippen molar-refractivity contribution in [3.8, 4) is 0 Å². The molecule has 0 N–H and O–H groups in total. The van der Waals surface area contributed by atoms with E-state index in [0.29, 0.717) is 28.7 Å². The maximum absolute atomic E-state index is 11.9. The minimum absolute atomic E-state index is 0.372. The van der Waals surface area contributed by atoms with Crippen LogP contribution in [0.5, 0.6) is 0 Å². The minimum atomic E-state index is -0.435. The van der Waals surface area contributed by atoms with E-state index < -0.39 is 11.7 Å². The average Bonchev–Trinajstić information content (AvgIpc) is 2.55. The lowest BCUT2D eigenvalue weighted by Gasteiger charge is -2.21. The second-order valence-corrected chi connectivity index (χ2v) is 5.24. The van der Waals surface area contributed by atoms with Gasteiger partial charge in [-0.1, -0.05) is 31.9 Å². The van der Waals surface area contributed by atoms with Crippen molar-refractivity contribution in [2.45, 2.75) is 26.7 Å². The molecule has 1 unspecified atom stereocenters. The Morgan fingerprint density at radius 2 is 2.06 bits per heavy atom. The summed E-state index contributed by atoms with van der Waals surface area (Å²) in [6.07, 6.45) is 2.10. The molecular weight excluding hydrogens is 250 g/mol. The fourth-order valence-electron chi connectivity index (χ4n) is 2.34. The molecule has 0 spiro atoms. The van der Waals surface area contributed by atoms with Crippen molar-refractivity contribution >= 4 is 29.0 Å². The predicted octanol–water partition coefficient (Wildman–Crippen LogP) is 3.31. The SMILES string of the molecule is CCCC(C)CN1C(=O)C(=O)c2ccc(Cl)cc21. The number of amides is 1. The van der Waals surface area contributed by atoms with E-state index in [1.165, 1.54) is 0 Å². The first-order valence-corrected chi connectivity index (χ1v) is 6.58. The van der Waals surface area contributed by atoms with Gasteiger partial charge in [0.1, 0.15) is 0 Å². The Morgan fingerprint density at radius 1 is 1.33 bits per heavy atom. The lowest BCUT2D eigenvalue weighted by molar-refractivity contribution is -0.114. The quantitative estimate of drug-likeness (QED) is 0.784. The van der Waals surface area contributed by atoms with Gasteiger partial charge in [-0.2, -0.15) is 0 Å². The number of benzene rings is 1. The fourth-order valence-corrected chi connectivity index (χ4v) is 2.51. The van der Waals surface area contributed by atoms with Gasteiger partial charge in [0.15, 0.2) is 0 Å². The van der Waals surface area contributed by atoms with Crippen LogP contribution in [0.1, 0.15) is 37.0 Å². The van der Waals surface area contributed by atoms with E-state index in [0.717, 1.165) is 12.8 Å². The molecule has 3 nitrogen and oxygen atoms in total. The highest BCUT2D eigenvalue weighted by Gasteiger charge is 2.36. The fraction of sp³-hybridized carbons (Fsp3) is 0.429. The summed E-state index contributed by atoms with van der Waals surface area (Å²) in [5.74, 6) is -0.489. The van der Waals surface area contributed by atoms with Crippen LogP contribution in [0.3, 0.4) is 0 Å². The third-order valence-electron chi connectivity index (χ3n) is 3.21. The van der Waals surface area contributed by atoms with Gasteiger partial charge in [-0.05, 0) is 30.5 Å². The molecule has 96 valence electrons. The van der Waals surface area contributed by atoms with E-state index in [2.05, 4.69) is 13.8 Å². The van der Waals surface area contributed by atoms with E-state index in [1.54, 1.807) is 23.1 Å². The summed E-state index contributed by atoms with van der Waals surface area (Å²) in [6, 6.07) is 4.96. The van der Waals surface area contributed by atoms with Gasteiger partial charge in [0.25, 0.3) is 11.7 Å². The minimum Gasteiger partial charge on any atom is -0.304 e. The maximum Gasteiger partial charge on any atom is 0.299 e. The zero-order valence-corrected chi connectivity index (χ0v) is 11.3. The molecule has 2 rings (SSSR count). The number of hydrogen-bond acceptors (Lipinski definition) is 2. The zero-order chi connectivity index (χ0) is 13.3. The van der Waals surface area contributed by atoms with Crippen molar-refractivity contribution in [2.75, 3.05) is 11.4 Å². The largest absolute Gasteiger partial charge is 0.304 e. The summed E-state index contributed by atoms with van der Waals surface area (Å²) < 4.78 is 0. The van der Waals surface area contributed by atoms with Crippen LogP contribution < -0.4 is 4.90 Å². The zero-order valence-electron chi connectivity index (χ0n) is 10.6. The lowest BCUT2D eigenvalue weighted by atomic mass is 10.1. The Bertz CT molecular complexity index is 499. The second kappa shape index (κ2) is 5.11. The maximum atomic E-state index is 11.9. The van der Waals surface area contributed by atoms with Gasteiger partial charge in [0.2, 0.25) is 0 Å². The van der Waals surface area contributed by atoms with E-state index in [1.807, 2.05) is 0 Å². The summed E-state index contributed by atoms with van der Waals surface area (Å²) in [5, 5.41) is 0.546. The van der Waals surface area contributed by atoms with Gasteiger partial charge < -0.3 is 4.90 Å². The Kier molecular flexibility index (Phi) is 3.71. The van der Waals surface area contributed by atoms with Crippen LogP contribution in [-0.4, -0.2) is 18.2 Å². The van der Waals surface area contributed by atoms with E-state index in [9.17, 15) is 9.59 Å².